The first kappa shape index (κ1) is 22.0. The van der Waals surface area contributed by atoms with Gasteiger partial charge in [-0.25, -0.2) is 4.39 Å². The van der Waals surface area contributed by atoms with Gasteiger partial charge in [0.05, 0.1) is 10.8 Å². The molecule has 3 aromatic rings. The maximum absolute atomic E-state index is 14.4. The summed E-state index contributed by atoms with van der Waals surface area (Å²) in [6.45, 7) is 10.6. The Labute approximate surface area is 181 Å². The van der Waals surface area contributed by atoms with Crippen molar-refractivity contribution < 1.29 is 9.18 Å². The number of carbonyl (C=O) groups excluding carboxylic acids is 1. The van der Waals surface area contributed by atoms with Crippen LogP contribution in [-0.4, -0.2) is 25.9 Å². The van der Waals surface area contributed by atoms with Gasteiger partial charge in [-0.05, 0) is 49.9 Å². The predicted molar refractivity (Wildman–Crippen MR) is 120 cm³/mol. The van der Waals surface area contributed by atoms with Crippen molar-refractivity contribution >= 4 is 23.4 Å². The highest BCUT2D eigenvalue weighted by Gasteiger charge is 2.23. The molecule has 1 atom stereocenters. The lowest BCUT2D eigenvalue weighted by molar-refractivity contribution is -0.115. The Morgan fingerprint density at radius 1 is 1.07 bits per heavy atom. The van der Waals surface area contributed by atoms with Gasteiger partial charge in [0, 0.05) is 12.2 Å². The zero-order chi connectivity index (χ0) is 21.8. The standard InChI is InChI=1S/C23H27FN4OS/c1-14(2)13-28-21(18-11-6-7-12-19(18)24)26-27-23(28)30-17(5)22(29)25-20-15(3)9-8-10-16(20)4/h6-12,14,17H,13H2,1-5H3,(H,25,29). The van der Waals surface area contributed by atoms with Gasteiger partial charge in [0.15, 0.2) is 11.0 Å². The van der Waals surface area contributed by atoms with E-state index in [0.29, 0.717) is 29.0 Å². The quantitative estimate of drug-likeness (QED) is 0.509. The molecule has 1 aromatic heterocycles. The molecule has 1 N–H and O–H groups in total. The fourth-order valence-corrected chi connectivity index (χ4v) is 4.05. The molecule has 0 aliphatic carbocycles. The molecule has 2 aromatic carbocycles. The lowest BCUT2D eigenvalue weighted by Crippen LogP contribution is -2.24. The van der Waals surface area contributed by atoms with Crippen molar-refractivity contribution in [3.05, 3.63) is 59.4 Å². The topological polar surface area (TPSA) is 59.8 Å². The smallest absolute Gasteiger partial charge is 0.237 e. The van der Waals surface area contributed by atoms with Gasteiger partial charge < -0.3 is 9.88 Å². The fourth-order valence-electron chi connectivity index (χ4n) is 3.20. The van der Waals surface area contributed by atoms with Gasteiger partial charge in [0.2, 0.25) is 5.91 Å². The molecule has 3 rings (SSSR count). The van der Waals surface area contributed by atoms with Gasteiger partial charge in [-0.15, -0.1) is 10.2 Å². The Morgan fingerprint density at radius 2 is 1.73 bits per heavy atom. The number of aromatic nitrogens is 3. The number of nitrogens with zero attached hydrogens (tertiary/aromatic N) is 3. The second-order valence-electron chi connectivity index (χ2n) is 7.81. The van der Waals surface area contributed by atoms with Crippen LogP contribution in [0.2, 0.25) is 0 Å². The average molecular weight is 427 g/mol. The number of para-hydroxylation sites is 1. The summed E-state index contributed by atoms with van der Waals surface area (Å²) in [6, 6.07) is 12.5. The molecular formula is C23H27FN4OS. The third-order valence-electron chi connectivity index (χ3n) is 4.76. The van der Waals surface area contributed by atoms with E-state index in [2.05, 4.69) is 29.4 Å². The monoisotopic (exact) mass is 426 g/mol. The van der Waals surface area contributed by atoms with Gasteiger partial charge >= 0.3 is 0 Å². The maximum Gasteiger partial charge on any atom is 0.237 e. The highest BCUT2D eigenvalue weighted by molar-refractivity contribution is 8.00. The highest BCUT2D eigenvalue weighted by Crippen LogP contribution is 2.30. The summed E-state index contributed by atoms with van der Waals surface area (Å²) < 4.78 is 16.3. The number of thioether (sulfide) groups is 1. The fraction of sp³-hybridized carbons (Fsp3) is 0.348. The van der Waals surface area contributed by atoms with Gasteiger partial charge in [-0.2, -0.15) is 0 Å². The van der Waals surface area contributed by atoms with E-state index in [0.717, 1.165) is 16.8 Å². The molecule has 0 aliphatic rings. The lowest BCUT2D eigenvalue weighted by atomic mass is 10.1. The van der Waals surface area contributed by atoms with Crippen LogP contribution in [0.25, 0.3) is 11.4 Å². The minimum atomic E-state index is -0.396. The van der Waals surface area contributed by atoms with Crippen LogP contribution in [0.5, 0.6) is 0 Å². The molecule has 30 heavy (non-hydrogen) atoms. The van der Waals surface area contributed by atoms with Crippen LogP contribution in [0, 0.1) is 25.6 Å². The van der Waals surface area contributed by atoms with E-state index in [-0.39, 0.29) is 11.7 Å². The van der Waals surface area contributed by atoms with Crippen LogP contribution in [0.3, 0.4) is 0 Å². The molecule has 1 unspecified atom stereocenters. The van der Waals surface area contributed by atoms with E-state index in [4.69, 9.17) is 0 Å². The third-order valence-corrected chi connectivity index (χ3v) is 5.84. The number of carbonyl (C=O) groups is 1. The number of amides is 1. The molecular weight excluding hydrogens is 399 g/mol. The second kappa shape index (κ2) is 9.43. The predicted octanol–water partition coefficient (Wildman–Crippen LogP) is 5.48. The molecule has 0 fully saturated rings. The van der Waals surface area contributed by atoms with E-state index in [1.165, 1.54) is 17.8 Å². The number of hydrogen-bond acceptors (Lipinski definition) is 4. The molecule has 7 heteroatoms. The molecule has 0 radical (unpaired) electrons. The molecule has 1 amide bonds. The van der Waals surface area contributed by atoms with Gasteiger partial charge in [-0.3, -0.25) is 4.79 Å². The van der Waals surface area contributed by atoms with Crippen LogP contribution in [-0.2, 0) is 11.3 Å². The number of aryl methyl sites for hydroxylation is 2. The van der Waals surface area contributed by atoms with E-state index in [9.17, 15) is 9.18 Å². The molecule has 0 spiro atoms. The number of benzene rings is 2. The first-order valence-corrected chi connectivity index (χ1v) is 10.9. The third kappa shape index (κ3) is 4.90. The highest BCUT2D eigenvalue weighted by atomic mass is 32.2. The van der Waals surface area contributed by atoms with E-state index >= 15 is 0 Å². The van der Waals surface area contributed by atoms with Crippen LogP contribution in [0.4, 0.5) is 10.1 Å². The molecule has 158 valence electrons. The normalized spacial score (nSPS) is 12.2. The SMILES string of the molecule is Cc1cccc(C)c1NC(=O)C(C)Sc1nnc(-c2ccccc2F)n1CC(C)C. The Hall–Kier alpha value is -2.67. The first-order valence-electron chi connectivity index (χ1n) is 9.99. The van der Waals surface area contributed by atoms with Crippen molar-refractivity contribution in [2.24, 2.45) is 5.92 Å². The van der Waals surface area contributed by atoms with Gasteiger partial charge in [0.1, 0.15) is 5.82 Å². The molecule has 0 aliphatic heterocycles. The lowest BCUT2D eigenvalue weighted by Gasteiger charge is -2.17. The van der Waals surface area contributed by atoms with Crippen molar-refractivity contribution in [1.29, 1.82) is 0 Å². The Kier molecular flexibility index (Phi) is 6.92. The van der Waals surface area contributed by atoms with Crippen molar-refractivity contribution in [2.45, 2.75) is 51.6 Å². The van der Waals surface area contributed by atoms with Crippen LogP contribution in [0.1, 0.15) is 31.9 Å². The van der Waals surface area contributed by atoms with Crippen molar-refractivity contribution in [3.63, 3.8) is 0 Å². The zero-order valence-corrected chi connectivity index (χ0v) is 18.8. The molecule has 1 heterocycles. The zero-order valence-electron chi connectivity index (χ0n) is 17.9. The van der Waals surface area contributed by atoms with Crippen LogP contribution < -0.4 is 5.32 Å². The summed E-state index contributed by atoms with van der Waals surface area (Å²) in [7, 11) is 0. The average Bonchev–Trinajstić information content (AvgIpc) is 3.06. The largest absolute Gasteiger partial charge is 0.325 e. The molecule has 0 bridgehead atoms. The number of hydrogen-bond donors (Lipinski definition) is 1. The Bertz CT molecular complexity index is 1030. The summed E-state index contributed by atoms with van der Waals surface area (Å²) in [5, 5.41) is 11.8. The van der Waals surface area contributed by atoms with Crippen molar-refractivity contribution in [1.82, 2.24) is 14.8 Å². The van der Waals surface area contributed by atoms with Gasteiger partial charge in [-0.1, -0.05) is 55.9 Å². The summed E-state index contributed by atoms with van der Waals surface area (Å²) in [5.74, 6) is 0.340. The number of anilines is 1. The number of halogens is 1. The Balaban J connectivity index is 1.85. The van der Waals surface area contributed by atoms with E-state index in [1.54, 1.807) is 18.2 Å². The summed E-state index contributed by atoms with van der Waals surface area (Å²) in [4.78, 5) is 12.8. The second-order valence-corrected chi connectivity index (χ2v) is 9.11. The maximum atomic E-state index is 14.4. The van der Waals surface area contributed by atoms with Crippen LogP contribution >= 0.6 is 11.8 Å². The summed E-state index contributed by atoms with van der Waals surface area (Å²) in [5.41, 5.74) is 3.28. The molecule has 5 nitrogen and oxygen atoms in total. The molecule has 0 saturated heterocycles. The summed E-state index contributed by atoms with van der Waals surface area (Å²) >= 11 is 1.33. The van der Waals surface area contributed by atoms with E-state index < -0.39 is 5.25 Å². The van der Waals surface area contributed by atoms with Gasteiger partial charge in [0.25, 0.3) is 0 Å². The molecule has 0 saturated carbocycles. The first-order chi connectivity index (χ1) is 14.3. The van der Waals surface area contributed by atoms with Crippen molar-refractivity contribution in [2.75, 3.05) is 5.32 Å². The van der Waals surface area contributed by atoms with E-state index in [1.807, 2.05) is 43.5 Å². The number of nitrogens with one attached hydrogen (secondary N) is 1. The minimum absolute atomic E-state index is 0.107. The van der Waals surface area contributed by atoms with Crippen LogP contribution in [0.15, 0.2) is 47.6 Å². The minimum Gasteiger partial charge on any atom is -0.325 e. The Morgan fingerprint density at radius 3 is 2.37 bits per heavy atom. The van der Waals surface area contributed by atoms with Crippen molar-refractivity contribution in [3.8, 4) is 11.4 Å². The number of rotatable bonds is 7. The summed E-state index contributed by atoms with van der Waals surface area (Å²) in [6.07, 6.45) is 0.